The normalized spacial score (nSPS) is 11.3. The van der Waals surface area contributed by atoms with Gasteiger partial charge in [-0.2, -0.15) is 13.2 Å². The van der Waals surface area contributed by atoms with Crippen molar-refractivity contribution in [3.8, 4) is 11.4 Å². The van der Waals surface area contributed by atoms with Crippen molar-refractivity contribution in [2.24, 2.45) is 0 Å². The van der Waals surface area contributed by atoms with Gasteiger partial charge in [0.25, 0.3) is 0 Å². The van der Waals surface area contributed by atoms with Crippen LogP contribution in [0.25, 0.3) is 11.4 Å². The van der Waals surface area contributed by atoms with Crippen molar-refractivity contribution >= 4 is 5.69 Å². The summed E-state index contributed by atoms with van der Waals surface area (Å²) >= 11 is 0. The molecule has 94 valence electrons. The van der Waals surface area contributed by atoms with Gasteiger partial charge in [-0.25, -0.2) is 9.97 Å². The standard InChI is InChI=1S/C12H10F3N3/c1-16-10-4-2-3-8(5-10)11-17-6-9(7-18-11)12(13,14)15/h2-7,16H,1H3. The minimum absolute atomic E-state index is 0.264. The molecule has 0 bridgehead atoms. The molecule has 0 saturated heterocycles. The molecule has 0 radical (unpaired) electrons. The molecule has 1 heterocycles. The van der Waals surface area contributed by atoms with Gasteiger partial charge in [0.05, 0.1) is 5.56 Å². The van der Waals surface area contributed by atoms with Crippen LogP contribution >= 0.6 is 0 Å². The zero-order chi connectivity index (χ0) is 13.2. The Labute approximate surface area is 102 Å². The quantitative estimate of drug-likeness (QED) is 0.893. The average Bonchev–Trinajstić information content (AvgIpc) is 2.38. The van der Waals surface area contributed by atoms with Gasteiger partial charge in [-0.1, -0.05) is 12.1 Å². The Morgan fingerprint density at radius 3 is 2.33 bits per heavy atom. The molecule has 0 spiro atoms. The first-order valence-electron chi connectivity index (χ1n) is 5.18. The zero-order valence-electron chi connectivity index (χ0n) is 9.49. The van der Waals surface area contributed by atoms with E-state index in [0.29, 0.717) is 5.56 Å². The SMILES string of the molecule is CNc1cccc(-c2ncc(C(F)(F)F)cn2)c1. The number of rotatable bonds is 2. The van der Waals surface area contributed by atoms with Crippen molar-refractivity contribution in [1.82, 2.24) is 9.97 Å². The molecule has 1 aromatic heterocycles. The minimum atomic E-state index is -4.41. The second-order valence-electron chi connectivity index (χ2n) is 3.62. The average molecular weight is 253 g/mol. The first-order chi connectivity index (χ1) is 8.50. The molecule has 3 nitrogen and oxygen atoms in total. The van der Waals surface area contributed by atoms with E-state index in [1.807, 2.05) is 6.07 Å². The van der Waals surface area contributed by atoms with Crippen LogP contribution in [0.5, 0.6) is 0 Å². The summed E-state index contributed by atoms with van der Waals surface area (Å²) in [5.74, 6) is 0.264. The van der Waals surface area contributed by atoms with Crippen LogP contribution in [-0.2, 0) is 6.18 Å². The van der Waals surface area contributed by atoms with Crippen molar-refractivity contribution < 1.29 is 13.2 Å². The molecule has 0 saturated carbocycles. The maximum atomic E-state index is 12.4. The molecule has 0 fully saturated rings. The zero-order valence-corrected chi connectivity index (χ0v) is 9.49. The summed E-state index contributed by atoms with van der Waals surface area (Å²) in [5, 5.41) is 2.94. The van der Waals surface area contributed by atoms with Crippen LogP contribution in [0, 0.1) is 0 Å². The number of hydrogen-bond donors (Lipinski definition) is 1. The van der Waals surface area contributed by atoms with E-state index in [0.717, 1.165) is 18.1 Å². The van der Waals surface area contributed by atoms with Crippen LogP contribution in [0.2, 0.25) is 0 Å². The Morgan fingerprint density at radius 2 is 1.78 bits per heavy atom. The van der Waals surface area contributed by atoms with Crippen molar-refractivity contribution in [2.75, 3.05) is 12.4 Å². The lowest BCUT2D eigenvalue weighted by Crippen LogP contribution is -2.06. The monoisotopic (exact) mass is 253 g/mol. The summed E-state index contributed by atoms with van der Waals surface area (Å²) in [6, 6.07) is 7.13. The van der Waals surface area contributed by atoms with Crippen LogP contribution in [0.1, 0.15) is 5.56 Å². The van der Waals surface area contributed by atoms with E-state index >= 15 is 0 Å². The summed E-state index contributed by atoms with van der Waals surface area (Å²) in [6.45, 7) is 0. The highest BCUT2D eigenvalue weighted by atomic mass is 19.4. The van der Waals surface area contributed by atoms with Crippen LogP contribution in [-0.4, -0.2) is 17.0 Å². The largest absolute Gasteiger partial charge is 0.419 e. The van der Waals surface area contributed by atoms with Crippen LogP contribution < -0.4 is 5.32 Å². The van der Waals surface area contributed by atoms with Crippen molar-refractivity contribution in [2.45, 2.75) is 6.18 Å². The predicted octanol–water partition coefficient (Wildman–Crippen LogP) is 3.20. The number of anilines is 1. The maximum Gasteiger partial charge on any atom is 0.419 e. The summed E-state index contributed by atoms with van der Waals surface area (Å²) < 4.78 is 37.1. The van der Waals surface area contributed by atoms with E-state index in [4.69, 9.17) is 0 Å². The third-order valence-corrected chi connectivity index (χ3v) is 2.39. The van der Waals surface area contributed by atoms with Crippen LogP contribution in [0.4, 0.5) is 18.9 Å². The molecule has 0 amide bonds. The Hall–Kier alpha value is -2.11. The van der Waals surface area contributed by atoms with E-state index in [9.17, 15) is 13.2 Å². The summed E-state index contributed by atoms with van der Waals surface area (Å²) in [6.07, 6.45) is -2.84. The number of halogens is 3. The number of alkyl halides is 3. The van der Waals surface area contributed by atoms with E-state index in [1.165, 1.54) is 0 Å². The highest BCUT2D eigenvalue weighted by Crippen LogP contribution is 2.28. The van der Waals surface area contributed by atoms with Gasteiger partial charge in [0.15, 0.2) is 5.82 Å². The summed E-state index contributed by atoms with van der Waals surface area (Å²) in [7, 11) is 1.76. The number of aromatic nitrogens is 2. The number of hydrogen-bond acceptors (Lipinski definition) is 3. The Morgan fingerprint density at radius 1 is 1.11 bits per heavy atom. The van der Waals surface area contributed by atoms with Gasteiger partial charge in [-0.15, -0.1) is 0 Å². The molecule has 1 aromatic carbocycles. The van der Waals surface area contributed by atoms with E-state index in [-0.39, 0.29) is 5.82 Å². The molecular formula is C12H10F3N3. The number of nitrogens with zero attached hydrogens (tertiary/aromatic N) is 2. The van der Waals surface area contributed by atoms with Crippen LogP contribution in [0.15, 0.2) is 36.7 Å². The van der Waals surface area contributed by atoms with Gasteiger partial charge in [0.2, 0.25) is 0 Å². The Bertz CT molecular complexity index is 535. The molecule has 0 aliphatic rings. The highest BCUT2D eigenvalue weighted by molar-refractivity contribution is 5.62. The van der Waals surface area contributed by atoms with E-state index < -0.39 is 11.7 Å². The van der Waals surface area contributed by atoms with Gasteiger partial charge in [-0.05, 0) is 12.1 Å². The fourth-order valence-corrected chi connectivity index (χ4v) is 1.44. The molecular weight excluding hydrogens is 243 g/mol. The molecule has 0 atom stereocenters. The summed E-state index contributed by atoms with van der Waals surface area (Å²) in [4.78, 5) is 7.46. The fraction of sp³-hybridized carbons (Fsp3) is 0.167. The Balaban J connectivity index is 2.34. The second-order valence-corrected chi connectivity index (χ2v) is 3.62. The van der Waals surface area contributed by atoms with Gasteiger partial charge in [0.1, 0.15) is 0 Å². The third-order valence-electron chi connectivity index (χ3n) is 2.39. The lowest BCUT2D eigenvalue weighted by Gasteiger charge is -2.07. The highest BCUT2D eigenvalue weighted by Gasteiger charge is 2.31. The fourth-order valence-electron chi connectivity index (χ4n) is 1.44. The first-order valence-corrected chi connectivity index (χ1v) is 5.18. The van der Waals surface area contributed by atoms with E-state index in [2.05, 4.69) is 15.3 Å². The first kappa shape index (κ1) is 12.3. The van der Waals surface area contributed by atoms with Gasteiger partial charge < -0.3 is 5.32 Å². The van der Waals surface area contributed by atoms with Gasteiger partial charge in [0, 0.05) is 30.7 Å². The van der Waals surface area contributed by atoms with Gasteiger partial charge in [-0.3, -0.25) is 0 Å². The molecule has 2 aromatic rings. The van der Waals surface area contributed by atoms with Gasteiger partial charge >= 0.3 is 6.18 Å². The predicted molar refractivity (Wildman–Crippen MR) is 62.0 cm³/mol. The molecule has 0 aliphatic carbocycles. The number of benzene rings is 1. The molecule has 1 N–H and O–H groups in total. The minimum Gasteiger partial charge on any atom is -0.388 e. The van der Waals surface area contributed by atoms with Crippen molar-refractivity contribution in [1.29, 1.82) is 0 Å². The van der Waals surface area contributed by atoms with E-state index in [1.54, 1.807) is 25.2 Å². The topological polar surface area (TPSA) is 37.8 Å². The molecule has 0 unspecified atom stereocenters. The van der Waals surface area contributed by atoms with Crippen molar-refractivity contribution in [3.05, 3.63) is 42.2 Å². The molecule has 0 aliphatic heterocycles. The lowest BCUT2D eigenvalue weighted by atomic mass is 10.2. The molecule has 18 heavy (non-hydrogen) atoms. The van der Waals surface area contributed by atoms with Crippen LogP contribution in [0.3, 0.4) is 0 Å². The smallest absolute Gasteiger partial charge is 0.388 e. The maximum absolute atomic E-state index is 12.4. The lowest BCUT2D eigenvalue weighted by molar-refractivity contribution is -0.138. The van der Waals surface area contributed by atoms with Crippen molar-refractivity contribution in [3.63, 3.8) is 0 Å². The summed E-state index contributed by atoms with van der Waals surface area (Å²) in [5.41, 5.74) is 0.655. The Kier molecular flexibility index (Phi) is 3.18. The molecule has 6 heteroatoms. The number of nitrogens with one attached hydrogen (secondary N) is 1. The molecule has 2 rings (SSSR count). The second kappa shape index (κ2) is 4.64. The third kappa shape index (κ3) is 2.58.